The maximum Gasteiger partial charge on any atom is 0.0711 e. The molecule has 0 amide bonds. The summed E-state index contributed by atoms with van der Waals surface area (Å²) in [4.78, 5) is 4.93. The molecule has 2 atom stereocenters. The zero-order chi connectivity index (χ0) is 9.05. The largest absolute Gasteiger partial charge is 0.411 e. The molecule has 4 aliphatic rings. The average Bonchev–Trinajstić information content (AvgIpc) is 2.00. The molecule has 1 N–H and O–H groups in total. The second-order valence-electron chi connectivity index (χ2n) is 4.91. The zero-order valence-corrected chi connectivity index (χ0v) is 7.90. The fourth-order valence-corrected chi connectivity index (χ4v) is 3.38. The SMILES string of the molecule is CC12CN3CC(CN(C3)C1)/C2=N\O. The van der Waals surface area contributed by atoms with E-state index in [1.807, 2.05) is 0 Å². The molecule has 0 aliphatic carbocycles. The van der Waals surface area contributed by atoms with Gasteiger partial charge in [-0.2, -0.15) is 0 Å². The lowest BCUT2D eigenvalue weighted by molar-refractivity contribution is -0.0452. The number of rotatable bonds is 0. The zero-order valence-electron chi connectivity index (χ0n) is 7.90. The molecule has 4 aliphatic heterocycles. The maximum absolute atomic E-state index is 9.01. The molecular formula is C9H15N3O. The van der Waals surface area contributed by atoms with E-state index in [4.69, 9.17) is 5.21 Å². The first-order valence-electron chi connectivity index (χ1n) is 4.88. The van der Waals surface area contributed by atoms with Gasteiger partial charge in [0.15, 0.2) is 0 Å². The summed E-state index contributed by atoms with van der Waals surface area (Å²) in [6.07, 6.45) is 0. The molecule has 0 saturated carbocycles. The normalized spacial score (nSPS) is 56.1. The second-order valence-corrected chi connectivity index (χ2v) is 4.91. The summed E-state index contributed by atoms with van der Waals surface area (Å²) in [5.74, 6) is 0.478. The number of hydrogen-bond donors (Lipinski definition) is 1. The highest BCUT2D eigenvalue weighted by atomic mass is 16.4. The van der Waals surface area contributed by atoms with Crippen LogP contribution in [0.25, 0.3) is 0 Å². The van der Waals surface area contributed by atoms with Gasteiger partial charge in [-0.3, -0.25) is 9.80 Å². The van der Waals surface area contributed by atoms with Crippen molar-refractivity contribution in [2.24, 2.45) is 16.5 Å². The molecule has 0 aromatic rings. The van der Waals surface area contributed by atoms with Gasteiger partial charge in [-0.1, -0.05) is 12.1 Å². The summed E-state index contributed by atoms with van der Waals surface area (Å²) in [6.45, 7) is 7.65. The van der Waals surface area contributed by atoms with Crippen molar-refractivity contribution in [1.82, 2.24) is 9.80 Å². The van der Waals surface area contributed by atoms with Crippen LogP contribution in [-0.2, 0) is 0 Å². The van der Waals surface area contributed by atoms with Gasteiger partial charge in [0.25, 0.3) is 0 Å². The van der Waals surface area contributed by atoms with Crippen LogP contribution in [-0.4, -0.2) is 53.6 Å². The third-order valence-corrected chi connectivity index (χ3v) is 3.62. The van der Waals surface area contributed by atoms with Crippen LogP contribution in [0, 0.1) is 11.3 Å². The van der Waals surface area contributed by atoms with Gasteiger partial charge < -0.3 is 5.21 Å². The van der Waals surface area contributed by atoms with E-state index >= 15 is 0 Å². The van der Waals surface area contributed by atoms with Crippen LogP contribution in [0.4, 0.5) is 0 Å². The van der Waals surface area contributed by atoms with Gasteiger partial charge in [0.1, 0.15) is 0 Å². The smallest absolute Gasteiger partial charge is 0.0711 e. The lowest BCUT2D eigenvalue weighted by atomic mass is 9.70. The molecule has 0 aromatic carbocycles. The Labute approximate surface area is 77.8 Å². The van der Waals surface area contributed by atoms with E-state index < -0.39 is 0 Å². The number of nitrogens with zero attached hydrogens (tertiary/aromatic N) is 3. The van der Waals surface area contributed by atoms with Crippen LogP contribution in [0.15, 0.2) is 5.16 Å². The van der Waals surface area contributed by atoms with Crippen LogP contribution in [0.2, 0.25) is 0 Å². The summed E-state index contributed by atoms with van der Waals surface area (Å²) in [7, 11) is 0. The van der Waals surface area contributed by atoms with E-state index in [-0.39, 0.29) is 5.41 Å². The molecule has 4 saturated heterocycles. The van der Waals surface area contributed by atoms with Gasteiger partial charge in [0.05, 0.1) is 12.4 Å². The Hall–Kier alpha value is -0.610. The lowest BCUT2D eigenvalue weighted by Crippen LogP contribution is -2.70. The van der Waals surface area contributed by atoms with E-state index in [2.05, 4.69) is 21.9 Å². The maximum atomic E-state index is 9.01. The molecule has 2 unspecified atom stereocenters. The molecular weight excluding hydrogens is 166 g/mol. The third kappa shape index (κ3) is 0.901. The summed E-state index contributed by atoms with van der Waals surface area (Å²) in [5.41, 5.74) is 1.16. The molecule has 4 heterocycles. The molecule has 4 nitrogen and oxygen atoms in total. The minimum absolute atomic E-state index is 0.119. The minimum atomic E-state index is 0.119. The van der Waals surface area contributed by atoms with Gasteiger partial charge in [0.2, 0.25) is 0 Å². The van der Waals surface area contributed by atoms with Gasteiger partial charge in [-0.05, 0) is 0 Å². The highest BCUT2D eigenvalue weighted by Gasteiger charge is 2.51. The Morgan fingerprint density at radius 1 is 1.38 bits per heavy atom. The van der Waals surface area contributed by atoms with Crippen molar-refractivity contribution in [2.75, 3.05) is 32.8 Å². The van der Waals surface area contributed by atoms with E-state index in [9.17, 15) is 0 Å². The van der Waals surface area contributed by atoms with Crippen LogP contribution in [0.3, 0.4) is 0 Å². The first-order chi connectivity index (χ1) is 6.21. The molecule has 4 heteroatoms. The van der Waals surface area contributed by atoms with Gasteiger partial charge in [0, 0.05) is 37.5 Å². The molecule has 4 fully saturated rings. The Morgan fingerprint density at radius 2 is 2.00 bits per heavy atom. The second kappa shape index (κ2) is 2.25. The minimum Gasteiger partial charge on any atom is -0.411 e. The Morgan fingerprint density at radius 3 is 2.46 bits per heavy atom. The van der Waals surface area contributed by atoms with Crippen molar-refractivity contribution in [3.05, 3.63) is 0 Å². The summed E-state index contributed by atoms with van der Waals surface area (Å²) in [6, 6.07) is 0. The fraction of sp³-hybridized carbons (Fsp3) is 0.889. The quantitative estimate of drug-likeness (QED) is 0.423. The first-order valence-corrected chi connectivity index (χ1v) is 4.88. The molecule has 4 bridgehead atoms. The standard InChI is InChI=1S/C9H15N3O/c1-9-4-11-2-7(8(9)10-13)3-12(5-9)6-11/h7,13H,2-6H2,1H3/b10-8+. The van der Waals surface area contributed by atoms with Gasteiger partial charge in [-0.25, -0.2) is 0 Å². The highest BCUT2D eigenvalue weighted by molar-refractivity contribution is 5.94. The van der Waals surface area contributed by atoms with Crippen molar-refractivity contribution in [3.63, 3.8) is 0 Å². The number of piperidine rings is 2. The van der Waals surface area contributed by atoms with E-state index in [1.165, 1.54) is 0 Å². The summed E-state index contributed by atoms with van der Waals surface area (Å²) >= 11 is 0. The fourth-order valence-electron chi connectivity index (χ4n) is 3.38. The molecule has 0 aromatic heterocycles. The molecule has 4 rings (SSSR count). The lowest BCUT2D eigenvalue weighted by Gasteiger charge is -2.58. The van der Waals surface area contributed by atoms with Crippen LogP contribution < -0.4 is 0 Å². The van der Waals surface area contributed by atoms with Crippen LogP contribution >= 0.6 is 0 Å². The number of oxime groups is 1. The molecule has 0 radical (unpaired) electrons. The third-order valence-electron chi connectivity index (χ3n) is 3.62. The van der Waals surface area contributed by atoms with Crippen molar-refractivity contribution in [2.45, 2.75) is 6.92 Å². The first kappa shape index (κ1) is 7.76. The van der Waals surface area contributed by atoms with Crippen molar-refractivity contribution < 1.29 is 5.21 Å². The van der Waals surface area contributed by atoms with E-state index in [0.29, 0.717) is 5.92 Å². The Bertz CT molecular complexity index is 262. The average molecular weight is 181 g/mol. The van der Waals surface area contributed by atoms with Crippen molar-refractivity contribution in [3.8, 4) is 0 Å². The van der Waals surface area contributed by atoms with Gasteiger partial charge >= 0.3 is 0 Å². The van der Waals surface area contributed by atoms with Crippen LogP contribution in [0.5, 0.6) is 0 Å². The summed E-state index contributed by atoms with van der Waals surface area (Å²) in [5, 5.41) is 12.5. The topological polar surface area (TPSA) is 39.1 Å². The molecule has 72 valence electrons. The van der Waals surface area contributed by atoms with E-state index in [1.54, 1.807) is 0 Å². The monoisotopic (exact) mass is 181 g/mol. The summed E-state index contributed by atoms with van der Waals surface area (Å²) < 4.78 is 0. The molecule has 13 heavy (non-hydrogen) atoms. The van der Waals surface area contributed by atoms with E-state index in [0.717, 1.165) is 38.6 Å². The number of hydrogen-bond acceptors (Lipinski definition) is 4. The van der Waals surface area contributed by atoms with Crippen molar-refractivity contribution in [1.29, 1.82) is 0 Å². The predicted molar refractivity (Wildman–Crippen MR) is 48.8 cm³/mol. The Balaban J connectivity index is 2.03. The highest BCUT2D eigenvalue weighted by Crippen LogP contribution is 2.39. The van der Waals surface area contributed by atoms with Gasteiger partial charge in [-0.15, -0.1) is 0 Å². The predicted octanol–water partition coefficient (Wildman–Crippen LogP) is 0.0414. The van der Waals surface area contributed by atoms with Crippen molar-refractivity contribution >= 4 is 5.71 Å². The molecule has 0 spiro atoms. The van der Waals surface area contributed by atoms with Crippen LogP contribution in [0.1, 0.15) is 6.92 Å². The Kier molecular flexibility index (Phi) is 1.34.